The second-order valence-corrected chi connectivity index (χ2v) is 12.6. The predicted molar refractivity (Wildman–Crippen MR) is 142 cm³/mol. The van der Waals surface area contributed by atoms with Crippen LogP contribution in [0.5, 0.6) is 0 Å². The summed E-state index contributed by atoms with van der Waals surface area (Å²) in [5, 5.41) is 16.9. The van der Waals surface area contributed by atoms with Crippen LogP contribution in [0.3, 0.4) is 0 Å². The van der Waals surface area contributed by atoms with Gasteiger partial charge in [0.25, 0.3) is 0 Å². The van der Waals surface area contributed by atoms with Crippen molar-refractivity contribution in [1.82, 2.24) is 19.8 Å². The number of hydrogen-bond acceptors (Lipinski definition) is 6. The molecule has 1 aromatic carbocycles. The van der Waals surface area contributed by atoms with Gasteiger partial charge >= 0.3 is 0 Å². The first-order chi connectivity index (χ1) is 16.9. The number of sulfonamides is 1. The van der Waals surface area contributed by atoms with Crippen LogP contribution in [0.25, 0.3) is 0 Å². The molecule has 204 valence electrons. The molecule has 1 aromatic rings. The van der Waals surface area contributed by atoms with E-state index in [0.29, 0.717) is 6.42 Å². The Kier molecular flexibility index (Phi) is 11.8. The van der Waals surface area contributed by atoms with Gasteiger partial charge in [0.05, 0.1) is 24.9 Å². The van der Waals surface area contributed by atoms with E-state index in [1.54, 1.807) is 0 Å². The zero-order valence-corrected chi connectivity index (χ0v) is 23.1. The molecule has 2 rings (SSSR count). The monoisotopic (exact) mass is 524 g/mol. The Hall–Kier alpha value is -2.01. The van der Waals surface area contributed by atoms with Crippen molar-refractivity contribution in [3.05, 3.63) is 35.9 Å². The van der Waals surface area contributed by atoms with Crippen LogP contribution in [0, 0.1) is 11.8 Å². The maximum atomic E-state index is 13.3. The summed E-state index contributed by atoms with van der Waals surface area (Å²) in [4.78, 5) is 28.0. The first kappa shape index (κ1) is 30.2. The number of aliphatic hydroxyl groups excluding tert-OH is 1. The van der Waals surface area contributed by atoms with Crippen LogP contribution in [0.15, 0.2) is 30.3 Å². The molecule has 36 heavy (non-hydrogen) atoms. The van der Waals surface area contributed by atoms with Crippen molar-refractivity contribution in [3.63, 3.8) is 0 Å². The van der Waals surface area contributed by atoms with Gasteiger partial charge < -0.3 is 15.7 Å². The number of carbonyl (C=O) groups is 2. The Bertz CT molecular complexity index is 933. The molecule has 0 spiro atoms. The van der Waals surface area contributed by atoms with E-state index in [4.69, 9.17) is 0 Å². The molecule has 0 aliphatic carbocycles. The molecule has 2 amide bonds. The minimum Gasteiger partial charge on any atom is -0.390 e. The van der Waals surface area contributed by atoms with E-state index in [1.165, 1.54) is 4.31 Å². The Morgan fingerprint density at radius 3 is 2.17 bits per heavy atom. The summed E-state index contributed by atoms with van der Waals surface area (Å²) in [5.74, 6) is -0.693. The fourth-order valence-electron chi connectivity index (χ4n) is 4.41. The highest BCUT2D eigenvalue weighted by atomic mass is 32.2. The number of aliphatic hydroxyl groups is 1. The molecule has 1 saturated heterocycles. The van der Waals surface area contributed by atoms with Crippen LogP contribution in [0.2, 0.25) is 0 Å². The van der Waals surface area contributed by atoms with Gasteiger partial charge in [-0.2, -0.15) is 4.31 Å². The minimum atomic E-state index is -3.55. The number of nitrogens with zero attached hydrogens (tertiary/aromatic N) is 2. The lowest BCUT2D eigenvalue weighted by molar-refractivity contribution is -0.131. The van der Waals surface area contributed by atoms with Gasteiger partial charge in [-0.15, -0.1) is 0 Å². The fraction of sp³-hybridized carbons (Fsp3) is 0.692. The van der Waals surface area contributed by atoms with Crippen LogP contribution in [0.1, 0.15) is 46.1 Å². The molecule has 1 aliphatic rings. The Balaban J connectivity index is 2.17. The second kappa shape index (κ2) is 14.1. The molecule has 0 bridgehead atoms. The molecule has 0 saturated carbocycles. The summed E-state index contributed by atoms with van der Waals surface area (Å²) < 4.78 is 25.9. The van der Waals surface area contributed by atoms with Gasteiger partial charge in [-0.3, -0.25) is 14.5 Å². The van der Waals surface area contributed by atoms with Crippen molar-refractivity contribution >= 4 is 21.8 Å². The Labute approximate surface area is 216 Å². The van der Waals surface area contributed by atoms with Gasteiger partial charge in [-0.25, -0.2) is 8.42 Å². The second-order valence-electron chi connectivity index (χ2n) is 10.6. The molecule has 3 N–H and O–H groups in total. The molecular weight excluding hydrogens is 480 g/mol. The zero-order valence-electron chi connectivity index (χ0n) is 22.3. The summed E-state index contributed by atoms with van der Waals surface area (Å²) in [7, 11) is -3.55. The lowest BCUT2D eigenvalue weighted by Crippen LogP contribution is -2.57. The molecule has 1 fully saturated rings. The van der Waals surface area contributed by atoms with Crippen LogP contribution in [-0.2, 0) is 26.0 Å². The van der Waals surface area contributed by atoms with Gasteiger partial charge in [-0.05, 0) is 49.8 Å². The van der Waals surface area contributed by atoms with E-state index in [2.05, 4.69) is 15.5 Å². The van der Waals surface area contributed by atoms with E-state index >= 15 is 0 Å². The van der Waals surface area contributed by atoms with Crippen LogP contribution in [0.4, 0.5) is 0 Å². The molecule has 0 aromatic heterocycles. The SMILES string of the molecule is CC(C)CN(CC(O)C(Cc1ccccc1)NC(=O)C(NC(=O)CN1CCCC1)C(C)C)S(C)(=O)=O. The number of rotatable bonds is 14. The van der Waals surface area contributed by atoms with Crippen molar-refractivity contribution in [2.45, 2.75) is 65.1 Å². The van der Waals surface area contributed by atoms with Crippen molar-refractivity contribution in [2.24, 2.45) is 11.8 Å². The number of likely N-dealkylation sites (tertiary alicyclic amines) is 1. The minimum absolute atomic E-state index is 0.0743. The van der Waals surface area contributed by atoms with Crippen LogP contribution < -0.4 is 10.6 Å². The highest BCUT2D eigenvalue weighted by Gasteiger charge is 2.32. The van der Waals surface area contributed by atoms with Gasteiger partial charge in [-0.1, -0.05) is 58.0 Å². The summed E-state index contributed by atoms with van der Waals surface area (Å²) in [6.45, 7) is 9.68. The standard InChI is InChI=1S/C26H44N4O5S/c1-19(2)16-30(36(5,34)35)17-23(31)22(15-21-11-7-6-8-12-21)27-26(33)25(20(3)4)28-24(32)18-29-13-9-10-14-29/h6-8,11-12,19-20,22-23,25,31H,9-10,13-18H2,1-5H3,(H,27,33)(H,28,32). The molecule has 1 aliphatic heterocycles. The summed E-state index contributed by atoms with van der Waals surface area (Å²) in [6.07, 6.45) is 2.44. The third kappa shape index (κ3) is 10.2. The van der Waals surface area contributed by atoms with Crippen LogP contribution >= 0.6 is 0 Å². The van der Waals surface area contributed by atoms with E-state index in [1.807, 2.05) is 58.0 Å². The Morgan fingerprint density at radius 2 is 1.64 bits per heavy atom. The Morgan fingerprint density at radius 1 is 1.03 bits per heavy atom. The van der Waals surface area contributed by atoms with Crippen molar-refractivity contribution in [1.29, 1.82) is 0 Å². The van der Waals surface area contributed by atoms with Crippen molar-refractivity contribution in [3.8, 4) is 0 Å². The molecule has 9 nitrogen and oxygen atoms in total. The third-order valence-corrected chi connectivity index (χ3v) is 7.59. The first-order valence-corrected chi connectivity index (χ1v) is 14.7. The number of hydrogen-bond donors (Lipinski definition) is 3. The number of amides is 2. The molecule has 0 radical (unpaired) electrons. The number of benzene rings is 1. The lowest BCUT2D eigenvalue weighted by atomic mass is 9.98. The van der Waals surface area contributed by atoms with Gasteiger partial charge in [0.1, 0.15) is 6.04 Å². The zero-order chi connectivity index (χ0) is 26.9. The first-order valence-electron chi connectivity index (χ1n) is 12.9. The molecule has 10 heteroatoms. The van der Waals surface area contributed by atoms with Crippen molar-refractivity contribution < 1.29 is 23.1 Å². The highest BCUT2D eigenvalue weighted by Crippen LogP contribution is 2.13. The lowest BCUT2D eigenvalue weighted by Gasteiger charge is -2.31. The summed E-state index contributed by atoms with van der Waals surface area (Å²) in [6, 6.07) is 7.90. The van der Waals surface area contributed by atoms with Crippen LogP contribution in [-0.4, -0.2) is 91.7 Å². The van der Waals surface area contributed by atoms with Gasteiger partial charge in [0, 0.05) is 13.1 Å². The van der Waals surface area contributed by atoms with Gasteiger partial charge in [0.15, 0.2) is 0 Å². The maximum absolute atomic E-state index is 13.3. The van der Waals surface area contributed by atoms with E-state index in [9.17, 15) is 23.1 Å². The quantitative estimate of drug-likeness (QED) is 0.337. The topological polar surface area (TPSA) is 119 Å². The predicted octanol–water partition coefficient (Wildman–Crippen LogP) is 1.23. The normalized spacial score (nSPS) is 17.4. The smallest absolute Gasteiger partial charge is 0.243 e. The molecule has 1 heterocycles. The van der Waals surface area contributed by atoms with Gasteiger partial charge in [0.2, 0.25) is 21.8 Å². The van der Waals surface area contributed by atoms with E-state index in [-0.39, 0.29) is 37.4 Å². The summed E-state index contributed by atoms with van der Waals surface area (Å²) in [5.41, 5.74) is 0.899. The molecule has 3 unspecified atom stereocenters. The average molecular weight is 525 g/mol. The average Bonchev–Trinajstić information content (AvgIpc) is 3.29. The largest absolute Gasteiger partial charge is 0.390 e. The maximum Gasteiger partial charge on any atom is 0.243 e. The van der Waals surface area contributed by atoms with Crippen molar-refractivity contribution in [2.75, 3.05) is 39.0 Å². The third-order valence-electron chi connectivity index (χ3n) is 6.35. The molecular formula is C26H44N4O5S. The fourth-order valence-corrected chi connectivity index (χ4v) is 5.40. The van der Waals surface area contributed by atoms with E-state index < -0.39 is 34.1 Å². The van der Waals surface area contributed by atoms with E-state index in [0.717, 1.165) is 37.8 Å². The molecule has 3 atom stereocenters. The number of carbonyl (C=O) groups excluding carboxylic acids is 2. The number of nitrogens with one attached hydrogen (secondary N) is 2. The highest BCUT2D eigenvalue weighted by molar-refractivity contribution is 7.88. The summed E-state index contributed by atoms with van der Waals surface area (Å²) >= 11 is 0.